The number of likely N-dealkylation sites (N-methyl/N-ethyl adjacent to an activating group) is 1. The Hall–Kier alpha value is -0.870. The average Bonchev–Trinajstić information content (AvgIpc) is 3.07. The molecule has 4 nitrogen and oxygen atoms in total. The summed E-state index contributed by atoms with van der Waals surface area (Å²) in [6.45, 7) is 9.18. The normalized spacial score (nSPS) is 19.4. The van der Waals surface area contributed by atoms with Crippen LogP contribution in [0, 0.1) is 0 Å². The molecule has 1 aliphatic rings. The molecule has 0 spiro atoms. The van der Waals surface area contributed by atoms with Crippen molar-refractivity contribution >= 4 is 0 Å². The number of nitrogens with zero attached hydrogens (tertiary/aromatic N) is 2. The van der Waals surface area contributed by atoms with Crippen molar-refractivity contribution < 1.29 is 4.74 Å². The minimum atomic E-state index is -0.0454. The quantitative estimate of drug-likeness (QED) is 0.793. The predicted molar refractivity (Wildman–Crippen MR) is 81.8 cm³/mol. The predicted octanol–water partition coefficient (Wildman–Crippen LogP) is 3.29. The summed E-state index contributed by atoms with van der Waals surface area (Å²) in [6, 6.07) is 2.41. The second kappa shape index (κ2) is 7.23. The van der Waals surface area contributed by atoms with Gasteiger partial charge in [0.15, 0.2) is 0 Å². The Labute approximate surface area is 122 Å². The lowest BCUT2D eigenvalue weighted by Crippen LogP contribution is -2.45. The van der Waals surface area contributed by atoms with E-state index < -0.39 is 0 Å². The van der Waals surface area contributed by atoms with Crippen LogP contribution < -0.4 is 5.32 Å². The molecule has 0 bridgehead atoms. The van der Waals surface area contributed by atoms with E-state index in [0.29, 0.717) is 0 Å². The molecular formula is C16H29N3O. The molecule has 0 amide bonds. The molecule has 2 rings (SSSR count). The number of hydrogen-bond donors (Lipinski definition) is 1. The molecule has 0 saturated heterocycles. The highest BCUT2D eigenvalue weighted by Gasteiger charge is 2.43. The Morgan fingerprint density at radius 2 is 2.10 bits per heavy atom. The van der Waals surface area contributed by atoms with Gasteiger partial charge < -0.3 is 10.1 Å². The topological polar surface area (TPSA) is 39.1 Å². The molecule has 1 N–H and O–H groups in total. The minimum Gasteiger partial charge on any atom is -0.373 e. The lowest BCUT2D eigenvalue weighted by molar-refractivity contribution is -0.0642. The van der Waals surface area contributed by atoms with Crippen LogP contribution in [-0.4, -0.2) is 28.5 Å². The second-order valence-electron chi connectivity index (χ2n) is 5.67. The maximum Gasteiger partial charge on any atom is 0.0891 e. The van der Waals surface area contributed by atoms with Gasteiger partial charge in [-0.2, -0.15) is 5.10 Å². The van der Waals surface area contributed by atoms with E-state index in [9.17, 15) is 0 Å². The Morgan fingerprint density at radius 1 is 1.35 bits per heavy atom. The minimum absolute atomic E-state index is 0.0454. The monoisotopic (exact) mass is 279 g/mol. The Kier molecular flexibility index (Phi) is 5.61. The SMILES string of the molecule is CCCn1nccc1C(NCC)C1(OCC)CCCC1. The van der Waals surface area contributed by atoms with Crippen molar-refractivity contribution in [3.63, 3.8) is 0 Å². The van der Waals surface area contributed by atoms with Crippen molar-refractivity contribution in [2.75, 3.05) is 13.2 Å². The third-order valence-corrected chi connectivity index (χ3v) is 4.30. The van der Waals surface area contributed by atoms with Gasteiger partial charge in [-0.05, 0) is 38.8 Å². The van der Waals surface area contributed by atoms with Crippen LogP contribution in [0.25, 0.3) is 0 Å². The van der Waals surface area contributed by atoms with Crippen LogP contribution >= 0.6 is 0 Å². The first-order valence-electron chi connectivity index (χ1n) is 8.16. The Morgan fingerprint density at radius 3 is 2.70 bits per heavy atom. The molecular weight excluding hydrogens is 250 g/mol. The van der Waals surface area contributed by atoms with Gasteiger partial charge in [0.25, 0.3) is 0 Å². The van der Waals surface area contributed by atoms with Gasteiger partial charge in [-0.25, -0.2) is 0 Å². The van der Waals surface area contributed by atoms with E-state index in [-0.39, 0.29) is 11.6 Å². The maximum absolute atomic E-state index is 6.26. The molecule has 1 saturated carbocycles. The molecule has 20 heavy (non-hydrogen) atoms. The summed E-state index contributed by atoms with van der Waals surface area (Å²) in [4.78, 5) is 0. The second-order valence-corrected chi connectivity index (χ2v) is 5.67. The molecule has 0 radical (unpaired) electrons. The molecule has 4 heteroatoms. The van der Waals surface area contributed by atoms with Gasteiger partial charge in [0.1, 0.15) is 0 Å². The first-order chi connectivity index (χ1) is 9.77. The standard InChI is InChI=1S/C16H29N3O/c1-4-13-19-14(9-12-18-19)15(17-5-2)16(20-6-3)10-7-8-11-16/h9,12,15,17H,4-8,10-11,13H2,1-3H3. The molecule has 114 valence electrons. The zero-order chi connectivity index (χ0) is 14.4. The number of rotatable bonds is 8. The summed E-state index contributed by atoms with van der Waals surface area (Å²) in [5.41, 5.74) is 1.24. The molecule has 1 aromatic rings. The van der Waals surface area contributed by atoms with Crippen molar-refractivity contribution in [3.8, 4) is 0 Å². The fraction of sp³-hybridized carbons (Fsp3) is 0.812. The zero-order valence-corrected chi connectivity index (χ0v) is 13.2. The summed E-state index contributed by atoms with van der Waals surface area (Å²) in [5, 5.41) is 8.16. The molecule has 0 aromatic carbocycles. The van der Waals surface area contributed by atoms with Crippen molar-refractivity contribution in [1.82, 2.24) is 15.1 Å². The van der Waals surface area contributed by atoms with Crippen LogP contribution in [0.2, 0.25) is 0 Å². The molecule has 1 aliphatic carbocycles. The molecule has 1 heterocycles. The summed E-state index contributed by atoms with van der Waals surface area (Å²) < 4.78 is 8.40. The van der Waals surface area contributed by atoms with E-state index in [1.165, 1.54) is 18.5 Å². The molecule has 1 atom stereocenters. The number of hydrogen-bond acceptors (Lipinski definition) is 3. The van der Waals surface area contributed by atoms with E-state index >= 15 is 0 Å². The highest BCUT2D eigenvalue weighted by molar-refractivity contribution is 5.15. The fourth-order valence-electron chi connectivity index (χ4n) is 3.53. The van der Waals surface area contributed by atoms with Gasteiger partial charge in [0.2, 0.25) is 0 Å². The molecule has 1 fully saturated rings. The van der Waals surface area contributed by atoms with Gasteiger partial charge in [-0.3, -0.25) is 4.68 Å². The number of ether oxygens (including phenoxy) is 1. The third-order valence-electron chi connectivity index (χ3n) is 4.30. The Balaban J connectivity index is 2.30. The lowest BCUT2D eigenvalue weighted by Gasteiger charge is -2.38. The van der Waals surface area contributed by atoms with Gasteiger partial charge in [0.05, 0.1) is 17.3 Å². The van der Waals surface area contributed by atoms with Gasteiger partial charge in [-0.15, -0.1) is 0 Å². The van der Waals surface area contributed by atoms with E-state index in [4.69, 9.17) is 4.74 Å². The smallest absolute Gasteiger partial charge is 0.0891 e. The largest absolute Gasteiger partial charge is 0.373 e. The first kappa shape index (κ1) is 15.5. The number of aryl methyl sites for hydroxylation is 1. The van der Waals surface area contributed by atoms with Gasteiger partial charge in [0, 0.05) is 19.3 Å². The van der Waals surface area contributed by atoms with Gasteiger partial charge in [-0.1, -0.05) is 26.7 Å². The zero-order valence-electron chi connectivity index (χ0n) is 13.2. The molecule has 1 aromatic heterocycles. The first-order valence-corrected chi connectivity index (χ1v) is 8.16. The van der Waals surface area contributed by atoms with E-state index in [1.54, 1.807) is 0 Å². The fourth-order valence-corrected chi connectivity index (χ4v) is 3.53. The third kappa shape index (κ3) is 3.07. The van der Waals surface area contributed by atoms with Crippen molar-refractivity contribution in [3.05, 3.63) is 18.0 Å². The summed E-state index contributed by atoms with van der Waals surface area (Å²) >= 11 is 0. The molecule has 1 unspecified atom stereocenters. The maximum atomic E-state index is 6.26. The van der Waals surface area contributed by atoms with Crippen molar-refractivity contribution in [2.24, 2.45) is 0 Å². The van der Waals surface area contributed by atoms with Crippen molar-refractivity contribution in [1.29, 1.82) is 0 Å². The van der Waals surface area contributed by atoms with Crippen LogP contribution in [0.15, 0.2) is 12.3 Å². The highest BCUT2D eigenvalue weighted by Crippen LogP contribution is 2.43. The lowest BCUT2D eigenvalue weighted by atomic mass is 9.89. The summed E-state index contributed by atoms with van der Waals surface area (Å²) in [7, 11) is 0. The van der Waals surface area contributed by atoms with Gasteiger partial charge >= 0.3 is 0 Å². The van der Waals surface area contributed by atoms with E-state index in [0.717, 1.165) is 39.0 Å². The van der Waals surface area contributed by atoms with E-state index in [1.807, 2.05) is 6.20 Å². The van der Waals surface area contributed by atoms with Crippen LogP contribution in [0.4, 0.5) is 0 Å². The molecule has 0 aliphatic heterocycles. The van der Waals surface area contributed by atoms with Crippen molar-refractivity contribution in [2.45, 2.75) is 71.1 Å². The van der Waals surface area contributed by atoms with Crippen LogP contribution in [0.3, 0.4) is 0 Å². The highest BCUT2D eigenvalue weighted by atomic mass is 16.5. The average molecular weight is 279 g/mol. The van der Waals surface area contributed by atoms with Crippen LogP contribution in [0.5, 0.6) is 0 Å². The summed E-state index contributed by atoms with van der Waals surface area (Å²) in [5.74, 6) is 0. The van der Waals surface area contributed by atoms with Crippen LogP contribution in [-0.2, 0) is 11.3 Å². The Bertz CT molecular complexity index is 396. The summed E-state index contributed by atoms with van der Waals surface area (Å²) in [6.07, 6.45) is 7.86. The number of aromatic nitrogens is 2. The number of nitrogens with one attached hydrogen (secondary N) is 1. The van der Waals surface area contributed by atoms with E-state index in [2.05, 4.69) is 41.9 Å². The van der Waals surface area contributed by atoms with Crippen LogP contribution in [0.1, 0.15) is 64.6 Å².